The van der Waals surface area contributed by atoms with Crippen molar-refractivity contribution < 1.29 is 18.4 Å². The molecule has 29 heavy (non-hydrogen) atoms. The van der Waals surface area contributed by atoms with Crippen LogP contribution in [-0.4, -0.2) is 64.3 Å². The molecule has 4 rings (SSSR count). The predicted molar refractivity (Wildman–Crippen MR) is 119 cm³/mol. The van der Waals surface area contributed by atoms with Crippen molar-refractivity contribution in [3.8, 4) is 0 Å². The fraction of sp³-hybridized carbons (Fsp3) is 0.478. The molecule has 0 spiro atoms. The summed E-state index contributed by atoms with van der Waals surface area (Å²) in [6.45, 7) is 4.40. The summed E-state index contributed by atoms with van der Waals surface area (Å²) < 4.78 is 3.71. The number of nitrogens with one attached hydrogen (secondary N) is 1. The van der Waals surface area contributed by atoms with Crippen LogP contribution in [0.15, 0.2) is 48.7 Å². The molecule has 5 nitrogen and oxygen atoms in total. The number of rotatable bonds is 7. The molecule has 0 amide bonds. The van der Waals surface area contributed by atoms with Crippen LogP contribution in [0.1, 0.15) is 18.5 Å². The van der Waals surface area contributed by atoms with Gasteiger partial charge in [0.2, 0.25) is 0 Å². The molecule has 1 aromatic carbocycles. The molecule has 1 fully saturated rings. The van der Waals surface area contributed by atoms with Crippen molar-refractivity contribution >= 4 is 17.0 Å². The molecular weight excluding hydrogens is 473 g/mol. The van der Waals surface area contributed by atoms with Gasteiger partial charge in [-0.25, -0.2) is 0 Å². The van der Waals surface area contributed by atoms with Crippen molar-refractivity contribution in [3.05, 3.63) is 54.4 Å². The van der Waals surface area contributed by atoms with Crippen molar-refractivity contribution in [2.24, 2.45) is 0 Å². The number of pyridine rings is 1. The molecule has 0 atom stereocenters. The van der Waals surface area contributed by atoms with Crippen LogP contribution >= 0.6 is 0 Å². The van der Waals surface area contributed by atoms with Gasteiger partial charge in [-0.15, -0.1) is 0 Å². The fourth-order valence-electron chi connectivity index (χ4n) is 3.86. The van der Waals surface area contributed by atoms with E-state index >= 15 is 0 Å². The summed E-state index contributed by atoms with van der Waals surface area (Å²) in [7, 11) is 0. The quantitative estimate of drug-likeness (QED) is 0.373. The minimum atomic E-state index is -1.36. The molecule has 3 heterocycles. The van der Waals surface area contributed by atoms with Gasteiger partial charge in [-0.05, 0) is 6.07 Å². The summed E-state index contributed by atoms with van der Waals surface area (Å²) in [4.78, 5) is 19.6. The van der Waals surface area contributed by atoms with Gasteiger partial charge in [-0.1, -0.05) is 6.07 Å². The minimum absolute atomic E-state index is 0.487. The van der Waals surface area contributed by atoms with Crippen LogP contribution < -0.4 is 23.8 Å². The Balaban J connectivity index is 1.45. The zero-order valence-electron chi connectivity index (χ0n) is 17.8. The molecule has 1 saturated heterocycles. The maximum absolute atomic E-state index is 4.91. The summed E-state index contributed by atoms with van der Waals surface area (Å²) >= 11 is -1.36. The molecule has 158 valence electrons. The molecule has 1 N–H and O–H groups in total. The Kier molecular flexibility index (Phi) is 6.39. The van der Waals surface area contributed by atoms with E-state index in [-0.39, 0.29) is 0 Å². The number of fused-ring (bicyclic) bond motifs is 1. The van der Waals surface area contributed by atoms with Crippen LogP contribution in [0.25, 0.3) is 11.0 Å². The van der Waals surface area contributed by atoms with Crippen molar-refractivity contribution in [3.63, 3.8) is 0 Å². The Labute approximate surface area is 178 Å². The van der Waals surface area contributed by atoms with Gasteiger partial charge in [0, 0.05) is 6.20 Å². The van der Waals surface area contributed by atoms with Crippen molar-refractivity contribution in [1.29, 1.82) is 0 Å². The summed E-state index contributed by atoms with van der Waals surface area (Å²) in [6, 6.07) is 15.0. The first-order valence-electron chi connectivity index (χ1n) is 10.4. The zero-order valence-corrected chi connectivity index (χ0v) is 20.0. The topological polar surface area (TPSA) is 46.0 Å². The Hall–Kier alpha value is -1.67. The molecule has 3 aromatic rings. The number of imidazole rings is 1. The molecule has 0 saturated carbocycles. The second-order valence-corrected chi connectivity index (χ2v) is 20.8. The van der Waals surface area contributed by atoms with Crippen molar-refractivity contribution in [2.75, 3.05) is 44.2 Å². The number of aromatic nitrogens is 3. The predicted octanol–water partition coefficient (Wildman–Crippen LogP) is 0.406. The number of alkyl halides is 4. The average molecular weight is 506 g/mol. The van der Waals surface area contributed by atoms with Gasteiger partial charge < -0.3 is 0 Å². The van der Waals surface area contributed by atoms with Gasteiger partial charge in [0.1, 0.15) is 0 Å². The third kappa shape index (κ3) is 5.48. The number of halogens is 1. The van der Waals surface area contributed by atoms with Gasteiger partial charge in [0.25, 0.3) is 0 Å². The SMILES string of the molecule is C[I-](C)(C)CCN1CCC(Nc2nc3ccccc3n2Cc2ccccn2)CC1. The van der Waals surface area contributed by atoms with E-state index in [1.54, 1.807) is 0 Å². The van der Waals surface area contributed by atoms with E-state index in [4.69, 9.17) is 4.98 Å². The molecule has 0 aliphatic carbocycles. The molecule has 0 unspecified atom stereocenters. The summed E-state index contributed by atoms with van der Waals surface area (Å²) in [5, 5.41) is 3.76. The second-order valence-electron chi connectivity index (χ2n) is 8.72. The number of hydrogen-bond donors (Lipinski definition) is 1. The summed E-state index contributed by atoms with van der Waals surface area (Å²) in [5.41, 5.74) is 3.26. The molecule has 0 radical (unpaired) electrons. The van der Waals surface area contributed by atoms with E-state index in [2.05, 4.69) is 64.9 Å². The Morgan fingerprint density at radius 2 is 1.79 bits per heavy atom. The van der Waals surface area contributed by atoms with E-state index in [1.165, 1.54) is 36.9 Å². The number of piperidine rings is 1. The third-order valence-electron chi connectivity index (χ3n) is 5.59. The van der Waals surface area contributed by atoms with Crippen LogP contribution in [0, 0.1) is 0 Å². The van der Waals surface area contributed by atoms with Gasteiger partial charge in [-0.3, -0.25) is 0 Å². The Morgan fingerprint density at radius 1 is 1.03 bits per heavy atom. The number of hydrogen-bond acceptors (Lipinski definition) is 4. The molecule has 1 aliphatic heterocycles. The molecular formula is C23H33IN5-. The van der Waals surface area contributed by atoms with Gasteiger partial charge in [-0.2, -0.15) is 0 Å². The Morgan fingerprint density at radius 3 is 2.52 bits per heavy atom. The maximum atomic E-state index is 4.91. The summed E-state index contributed by atoms with van der Waals surface area (Å²) in [6.07, 6.45) is 4.23. The number of likely N-dealkylation sites (tertiary alicyclic amines) is 1. The molecule has 1 aliphatic rings. The first-order valence-corrected chi connectivity index (χ1v) is 18.4. The number of benzene rings is 1. The number of para-hydroxylation sites is 2. The van der Waals surface area contributed by atoms with Gasteiger partial charge in [0.15, 0.2) is 0 Å². The zero-order chi connectivity index (χ0) is 20.3. The van der Waals surface area contributed by atoms with Crippen molar-refractivity contribution in [1.82, 2.24) is 19.4 Å². The van der Waals surface area contributed by atoms with Crippen LogP contribution in [0.4, 0.5) is 5.95 Å². The van der Waals surface area contributed by atoms with Crippen LogP contribution in [0.2, 0.25) is 0 Å². The molecule has 0 bridgehead atoms. The van der Waals surface area contributed by atoms with E-state index in [1.807, 2.05) is 18.3 Å². The van der Waals surface area contributed by atoms with Crippen LogP contribution in [-0.2, 0) is 6.54 Å². The number of anilines is 1. The van der Waals surface area contributed by atoms with Gasteiger partial charge >= 0.3 is 160 Å². The standard InChI is InChI=1S/C23H33IN5/c1-24(2,3)13-17-28-15-11-19(12-16-28)26-23-27-21-9-4-5-10-22(21)29(23)18-20-8-6-7-14-25-20/h4-10,14,19H,11-13,15-18H2,1-3H3,(H,26,27)/q-1. The second kappa shape index (κ2) is 9.00. The van der Waals surface area contributed by atoms with Crippen LogP contribution in [0.5, 0.6) is 0 Å². The van der Waals surface area contributed by atoms with E-state index in [0.29, 0.717) is 6.04 Å². The fourth-order valence-corrected chi connectivity index (χ4v) is 5.99. The van der Waals surface area contributed by atoms with Gasteiger partial charge in [0.05, 0.1) is 0 Å². The first kappa shape index (κ1) is 20.6. The molecule has 6 heteroatoms. The third-order valence-corrected chi connectivity index (χ3v) is 9.31. The normalized spacial score (nSPS) is 16.9. The number of nitrogens with zero attached hydrogens (tertiary/aromatic N) is 4. The molecule has 2 aromatic heterocycles. The first-order chi connectivity index (χ1) is 14.0. The summed E-state index contributed by atoms with van der Waals surface area (Å²) in [5.74, 6) is 0.972. The van der Waals surface area contributed by atoms with Crippen molar-refractivity contribution in [2.45, 2.75) is 25.4 Å². The Bertz CT molecular complexity index is 923. The monoisotopic (exact) mass is 506 g/mol. The van der Waals surface area contributed by atoms with E-state index in [0.717, 1.165) is 29.2 Å². The van der Waals surface area contributed by atoms with E-state index in [9.17, 15) is 0 Å². The average Bonchev–Trinajstić information content (AvgIpc) is 3.05. The van der Waals surface area contributed by atoms with E-state index < -0.39 is 18.4 Å². The van der Waals surface area contributed by atoms with Crippen LogP contribution in [0.3, 0.4) is 0 Å².